The molecule has 0 saturated carbocycles. The fourth-order valence-electron chi connectivity index (χ4n) is 1.97. The molecule has 1 fully saturated rings. The SMILES string of the molecule is CN1CC(=O)N(C)[C@@H](c2cccc(O)c2)C1=O. The van der Waals surface area contributed by atoms with E-state index in [4.69, 9.17) is 0 Å². The van der Waals surface area contributed by atoms with Gasteiger partial charge in [0.25, 0.3) is 0 Å². The van der Waals surface area contributed by atoms with Crippen molar-refractivity contribution >= 4 is 11.8 Å². The molecule has 0 aliphatic carbocycles. The Labute approximate surface area is 99.3 Å². The number of benzene rings is 1. The van der Waals surface area contributed by atoms with Crippen LogP contribution in [0.25, 0.3) is 0 Å². The summed E-state index contributed by atoms with van der Waals surface area (Å²) < 4.78 is 0. The fraction of sp³-hybridized carbons (Fsp3) is 0.333. The predicted octanol–water partition coefficient (Wildman–Crippen LogP) is 0.364. The summed E-state index contributed by atoms with van der Waals surface area (Å²) in [5.41, 5.74) is 0.623. The van der Waals surface area contributed by atoms with E-state index in [1.54, 1.807) is 26.2 Å². The number of carbonyl (C=O) groups excluding carboxylic acids is 2. The number of hydrogen-bond donors (Lipinski definition) is 1. The first-order chi connectivity index (χ1) is 8.00. The number of likely N-dealkylation sites (N-methyl/N-ethyl adjacent to an activating group) is 2. The summed E-state index contributed by atoms with van der Waals surface area (Å²) in [5.74, 6) is -0.164. The maximum absolute atomic E-state index is 12.0. The van der Waals surface area contributed by atoms with E-state index in [0.717, 1.165) is 0 Å². The molecule has 1 N–H and O–H groups in total. The second-order valence-corrected chi connectivity index (χ2v) is 4.20. The van der Waals surface area contributed by atoms with Crippen molar-refractivity contribution in [2.24, 2.45) is 0 Å². The summed E-state index contributed by atoms with van der Waals surface area (Å²) in [5, 5.41) is 9.42. The van der Waals surface area contributed by atoms with Gasteiger partial charge in [-0.15, -0.1) is 0 Å². The van der Waals surface area contributed by atoms with Gasteiger partial charge in [-0.3, -0.25) is 9.59 Å². The van der Waals surface area contributed by atoms with Gasteiger partial charge in [0, 0.05) is 14.1 Å². The van der Waals surface area contributed by atoms with Gasteiger partial charge < -0.3 is 14.9 Å². The second kappa shape index (κ2) is 4.08. The van der Waals surface area contributed by atoms with E-state index in [9.17, 15) is 14.7 Å². The van der Waals surface area contributed by atoms with Crippen LogP contribution in [0.15, 0.2) is 24.3 Å². The Hall–Kier alpha value is -2.04. The molecule has 1 aromatic carbocycles. The van der Waals surface area contributed by atoms with Gasteiger partial charge in [0.05, 0.1) is 6.54 Å². The van der Waals surface area contributed by atoms with E-state index >= 15 is 0 Å². The van der Waals surface area contributed by atoms with Crippen molar-refractivity contribution in [1.82, 2.24) is 9.80 Å². The van der Waals surface area contributed by atoms with Gasteiger partial charge in [-0.05, 0) is 17.7 Å². The number of piperazine rings is 1. The van der Waals surface area contributed by atoms with Gasteiger partial charge >= 0.3 is 0 Å². The van der Waals surface area contributed by atoms with Crippen molar-refractivity contribution in [3.63, 3.8) is 0 Å². The molecule has 90 valence electrons. The van der Waals surface area contributed by atoms with Crippen LogP contribution in [-0.4, -0.2) is 47.4 Å². The molecule has 5 nitrogen and oxygen atoms in total. The number of nitrogens with zero attached hydrogens (tertiary/aromatic N) is 2. The van der Waals surface area contributed by atoms with Crippen molar-refractivity contribution in [3.05, 3.63) is 29.8 Å². The predicted molar refractivity (Wildman–Crippen MR) is 61.3 cm³/mol. The third kappa shape index (κ3) is 1.95. The molecule has 17 heavy (non-hydrogen) atoms. The van der Waals surface area contributed by atoms with Crippen LogP contribution >= 0.6 is 0 Å². The Morgan fingerprint density at radius 2 is 2.00 bits per heavy atom. The summed E-state index contributed by atoms with van der Waals surface area (Å²) >= 11 is 0. The van der Waals surface area contributed by atoms with Crippen LogP contribution in [0.2, 0.25) is 0 Å². The average molecular weight is 234 g/mol. The van der Waals surface area contributed by atoms with Crippen LogP contribution in [0.5, 0.6) is 5.75 Å². The van der Waals surface area contributed by atoms with Gasteiger partial charge in [-0.25, -0.2) is 0 Å². The lowest BCUT2D eigenvalue weighted by Gasteiger charge is -2.36. The van der Waals surface area contributed by atoms with Crippen molar-refractivity contribution in [3.8, 4) is 5.75 Å². The van der Waals surface area contributed by atoms with E-state index < -0.39 is 6.04 Å². The Morgan fingerprint density at radius 1 is 1.29 bits per heavy atom. The number of rotatable bonds is 1. The summed E-state index contributed by atoms with van der Waals surface area (Å²) in [6.45, 7) is 0.102. The van der Waals surface area contributed by atoms with Gasteiger partial charge in [0.15, 0.2) is 0 Å². The molecule has 0 aromatic heterocycles. The monoisotopic (exact) mass is 234 g/mol. The lowest BCUT2D eigenvalue weighted by atomic mass is 10.0. The Bertz CT molecular complexity index is 473. The highest BCUT2D eigenvalue weighted by Crippen LogP contribution is 2.27. The maximum Gasteiger partial charge on any atom is 0.250 e. The Kier molecular flexibility index (Phi) is 2.75. The standard InChI is InChI=1S/C12H14N2O3/c1-13-7-10(16)14(2)11(12(13)17)8-4-3-5-9(15)6-8/h3-6,11,15H,7H2,1-2H3/t11-/m0/s1. The Balaban J connectivity index is 2.41. The molecule has 5 heteroatoms. The third-order valence-electron chi connectivity index (χ3n) is 2.95. The highest BCUT2D eigenvalue weighted by molar-refractivity contribution is 5.95. The van der Waals surface area contributed by atoms with Crippen molar-refractivity contribution in [2.75, 3.05) is 20.6 Å². The number of hydrogen-bond acceptors (Lipinski definition) is 3. The number of phenolic OH excluding ortho intramolecular Hbond substituents is 1. The van der Waals surface area contributed by atoms with Crippen molar-refractivity contribution in [1.29, 1.82) is 0 Å². The molecule has 0 radical (unpaired) electrons. The molecule has 1 heterocycles. The largest absolute Gasteiger partial charge is 0.508 e. The zero-order valence-corrected chi connectivity index (χ0v) is 9.75. The molecule has 1 atom stereocenters. The van der Waals surface area contributed by atoms with Crippen LogP contribution < -0.4 is 0 Å². The normalized spacial score (nSPS) is 20.9. The topological polar surface area (TPSA) is 60.9 Å². The molecule has 2 amide bonds. The highest BCUT2D eigenvalue weighted by Gasteiger charge is 2.36. The first kappa shape index (κ1) is 11.4. The minimum atomic E-state index is -0.645. The maximum atomic E-state index is 12.0. The van der Waals surface area contributed by atoms with Crippen LogP contribution in [0.4, 0.5) is 0 Å². The van der Waals surface area contributed by atoms with Crippen molar-refractivity contribution < 1.29 is 14.7 Å². The minimum absolute atomic E-state index is 0.0874. The first-order valence-electron chi connectivity index (χ1n) is 5.30. The lowest BCUT2D eigenvalue weighted by molar-refractivity contribution is -0.153. The van der Waals surface area contributed by atoms with E-state index in [0.29, 0.717) is 5.56 Å². The number of amides is 2. The summed E-state index contributed by atoms with van der Waals surface area (Å²) in [6.07, 6.45) is 0. The van der Waals surface area contributed by atoms with Gasteiger partial charge in [0.2, 0.25) is 11.8 Å². The molecule has 0 bridgehead atoms. The van der Waals surface area contributed by atoms with E-state index in [1.165, 1.54) is 21.9 Å². The van der Waals surface area contributed by atoms with Crippen LogP contribution in [0.3, 0.4) is 0 Å². The molecular formula is C12H14N2O3. The van der Waals surface area contributed by atoms with E-state index in [2.05, 4.69) is 0 Å². The molecular weight excluding hydrogens is 220 g/mol. The molecule has 2 rings (SSSR count). The average Bonchev–Trinajstić information content (AvgIpc) is 2.27. The third-order valence-corrected chi connectivity index (χ3v) is 2.95. The zero-order valence-electron chi connectivity index (χ0n) is 9.75. The number of aromatic hydroxyl groups is 1. The van der Waals surface area contributed by atoms with Gasteiger partial charge in [0.1, 0.15) is 11.8 Å². The lowest BCUT2D eigenvalue weighted by Crippen LogP contribution is -2.52. The fourth-order valence-corrected chi connectivity index (χ4v) is 1.97. The minimum Gasteiger partial charge on any atom is -0.508 e. The quantitative estimate of drug-likeness (QED) is 0.763. The summed E-state index contributed by atoms with van der Waals surface area (Å²) in [7, 11) is 3.20. The number of carbonyl (C=O) groups is 2. The van der Waals surface area contributed by atoms with Crippen LogP contribution in [0.1, 0.15) is 11.6 Å². The molecule has 1 saturated heterocycles. The Morgan fingerprint density at radius 3 is 2.65 bits per heavy atom. The molecule has 0 spiro atoms. The second-order valence-electron chi connectivity index (χ2n) is 4.20. The van der Waals surface area contributed by atoms with Crippen molar-refractivity contribution in [2.45, 2.75) is 6.04 Å². The van der Waals surface area contributed by atoms with E-state index in [-0.39, 0.29) is 24.1 Å². The van der Waals surface area contributed by atoms with E-state index in [1.807, 2.05) is 0 Å². The molecule has 1 aromatic rings. The number of phenols is 1. The van der Waals surface area contributed by atoms with Gasteiger partial charge in [-0.2, -0.15) is 0 Å². The molecule has 1 aliphatic rings. The summed E-state index contributed by atoms with van der Waals surface area (Å²) in [4.78, 5) is 26.5. The molecule has 1 aliphatic heterocycles. The zero-order chi connectivity index (χ0) is 12.6. The molecule has 0 unspecified atom stereocenters. The van der Waals surface area contributed by atoms with Crippen LogP contribution in [0, 0.1) is 0 Å². The van der Waals surface area contributed by atoms with Gasteiger partial charge in [-0.1, -0.05) is 12.1 Å². The smallest absolute Gasteiger partial charge is 0.250 e. The first-order valence-corrected chi connectivity index (χ1v) is 5.30. The highest BCUT2D eigenvalue weighted by atomic mass is 16.3. The summed E-state index contributed by atoms with van der Waals surface area (Å²) in [6, 6.07) is 5.78. The van der Waals surface area contributed by atoms with Crippen LogP contribution in [-0.2, 0) is 9.59 Å².